The van der Waals surface area contributed by atoms with E-state index in [0.29, 0.717) is 30.0 Å². The van der Waals surface area contributed by atoms with Crippen LogP contribution in [0.5, 0.6) is 0 Å². The molecule has 0 aliphatic carbocycles. The minimum Gasteiger partial charge on any atom is -0.342 e. The van der Waals surface area contributed by atoms with Gasteiger partial charge < -0.3 is 9.80 Å². The molecule has 0 aromatic carbocycles. The van der Waals surface area contributed by atoms with Crippen LogP contribution in [0.4, 0.5) is 0 Å². The zero-order valence-corrected chi connectivity index (χ0v) is 16.1. The minimum absolute atomic E-state index is 0.0288. The molecule has 7 heteroatoms. The molecule has 0 unspecified atom stereocenters. The number of aryl methyl sites for hydroxylation is 1. The first-order chi connectivity index (χ1) is 13.0. The van der Waals surface area contributed by atoms with Crippen LogP contribution in [0.2, 0.25) is 0 Å². The summed E-state index contributed by atoms with van der Waals surface area (Å²) in [5, 5.41) is 4.39. The van der Waals surface area contributed by atoms with Crippen LogP contribution in [0.1, 0.15) is 48.7 Å². The van der Waals surface area contributed by atoms with E-state index in [9.17, 15) is 9.59 Å². The smallest absolute Gasteiger partial charge is 0.259 e. The predicted octanol–water partition coefficient (Wildman–Crippen LogP) is 2.15. The molecule has 0 saturated carbocycles. The van der Waals surface area contributed by atoms with Crippen LogP contribution in [0, 0.1) is 18.8 Å². The quantitative estimate of drug-likeness (QED) is 0.813. The van der Waals surface area contributed by atoms with E-state index in [2.05, 4.69) is 17.0 Å². The molecular weight excluding hydrogens is 342 g/mol. The van der Waals surface area contributed by atoms with E-state index >= 15 is 0 Å². The van der Waals surface area contributed by atoms with Crippen LogP contribution >= 0.6 is 0 Å². The number of likely N-dealkylation sites (tertiary alicyclic amines) is 2. The molecule has 0 spiro atoms. The highest BCUT2D eigenvalue weighted by Crippen LogP contribution is 2.25. The lowest BCUT2D eigenvalue weighted by molar-refractivity contribution is -0.138. The molecule has 2 aromatic rings. The molecule has 4 heterocycles. The van der Waals surface area contributed by atoms with Gasteiger partial charge in [0.25, 0.3) is 5.91 Å². The third-order valence-corrected chi connectivity index (χ3v) is 6.01. The van der Waals surface area contributed by atoms with Gasteiger partial charge in [0, 0.05) is 44.5 Å². The summed E-state index contributed by atoms with van der Waals surface area (Å²) < 4.78 is 1.65. The van der Waals surface area contributed by atoms with E-state index in [1.807, 2.05) is 16.7 Å². The molecule has 2 saturated heterocycles. The summed E-state index contributed by atoms with van der Waals surface area (Å²) >= 11 is 0. The number of hydrogen-bond acceptors (Lipinski definition) is 4. The van der Waals surface area contributed by atoms with Crippen LogP contribution in [-0.4, -0.2) is 62.4 Å². The number of carbonyl (C=O) groups is 2. The summed E-state index contributed by atoms with van der Waals surface area (Å²) in [6, 6.07) is 1.80. The molecular formula is C20H27N5O2. The van der Waals surface area contributed by atoms with E-state index in [0.717, 1.165) is 44.7 Å². The summed E-state index contributed by atoms with van der Waals surface area (Å²) in [6.07, 6.45) is 7.16. The van der Waals surface area contributed by atoms with Gasteiger partial charge in [0.05, 0.1) is 5.69 Å². The van der Waals surface area contributed by atoms with Crippen molar-refractivity contribution in [3.8, 4) is 0 Å². The molecule has 144 valence electrons. The van der Waals surface area contributed by atoms with Crippen molar-refractivity contribution in [2.24, 2.45) is 11.8 Å². The van der Waals surface area contributed by atoms with Crippen molar-refractivity contribution < 1.29 is 9.59 Å². The Balaban J connectivity index is 1.41. The van der Waals surface area contributed by atoms with Crippen LogP contribution in [0.15, 0.2) is 18.5 Å². The number of piperidine rings is 2. The molecule has 2 aliphatic heterocycles. The monoisotopic (exact) mass is 369 g/mol. The molecule has 0 radical (unpaired) electrons. The fourth-order valence-corrected chi connectivity index (χ4v) is 4.22. The Bertz CT molecular complexity index is 845. The number of aromatic nitrogens is 3. The Kier molecular flexibility index (Phi) is 4.85. The third-order valence-electron chi connectivity index (χ3n) is 6.01. The van der Waals surface area contributed by atoms with E-state index in [-0.39, 0.29) is 17.7 Å². The largest absolute Gasteiger partial charge is 0.342 e. The maximum atomic E-state index is 13.0. The molecule has 27 heavy (non-hydrogen) atoms. The molecule has 2 aliphatic rings. The normalized spacial score (nSPS) is 19.6. The molecule has 2 aromatic heterocycles. The van der Waals surface area contributed by atoms with Crippen LogP contribution in [0.3, 0.4) is 0 Å². The lowest BCUT2D eigenvalue weighted by atomic mass is 9.92. The number of nitrogens with zero attached hydrogens (tertiary/aromatic N) is 5. The molecule has 7 nitrogen and oxygen atoms in total. The highest BCUT2D eigenvalue weighted by atomic mass is 16.2. The van der Waals surface area contributed by atoms with Crippen molar-refractivity contribution >= 4 is 17.5 Å². The van der Waals surface area contributed by atoms with Crippen molar-refractivity contribution in [3.63, 3.8) is 0 Å². The summed E-state index contributed by atoms with van der Waals surface area (Å²) in [7, 11) is 0. The van der Waals surface area contributed by atoms with Gasteiger partial charge in [-0.25, -0.2) is 9.50 Å². The van der Waals surface area contributed by atoms with E-state index < -0.39 is 0 Å². The Hall–Kier alpha value is -2.44. The van der Waals surface area contributed by atoms with E-state index in [1.54, 1.807) is 23.0 Å². The molecule has 0 atom stereocenters. The summed E-state index contributed by atoms with van der Waals surface area (Å²) in [5.41, 5.74) is 1.87. The second kappa shape index (κ2) is 7.29. The molecule has 0 bridgehead atoms. The number of fused-ring (bicyclic) bond motifs is 1. The summed E-state index contributed by atoms with van der Waals surface area (Å²) in [4.78, 5) is 34.0. The fraction of sp³-hybridized carbons (Fsp3) is 0.600. The Morgan fingerprint density at radius 3 is 2.41 bits per heavy atom. The summed E-state index contributed by atoms with van der Waals surface area (Å²) in [5.74, 6) is 1.02. The number of rotatable bonds is 2. The topological polar surface area (TPSA) is 70.8 Å². The first kappa shape index (κ1) is 17.9. The fourth-order valence-electron chi connectivity index (χ4n) is 4.22. The van der Waals surface area contributed by atoms with Crippen molar-refractivity contribution in [3.05, 3.63) is 29.7 Å². The van der Waals surface area contributed by atoms with E-state index in [4.69, 9.17) is 0 Å². The molecule has 2 fully saturated rings. The number of hydrogen-bond donors (Lipinski definition) is 0. The Labute approximate surface area is 159 Å². The third kappa shape index (κ3) is 3.42. The van der Waals surface area contributed by atoms with Crippen molar-refractivity contribution in [2.45, 2.75) is 39.5 Å². The highest BCUT2D eigenvalue weighted by Gasteiger charge is 2.33. The molecule has 2 amide bonds. The van der Waals surface area contributed by atoms with Gasteiger partial charge in [-0.3, -0.25) is 9.59 Å². The number of carbonyl (C=O) groups excluding carboxylic acids is 2. The van der Waals surface area contributed by atoms with Crippen molar-refractivity contribution in [2.75, 3.05) is 26.2 Å². The average molecular weight is 369 g/mol. The average Bonchev–Trinajstić information content (AvgIpc) is 3.03. The maximum Gasteiger partial charge on any atom is 0.259 e. The van der Waals surface area contributed by atoms with Crippen LogP contribution in [-0.2, 0) is 4.79 Å². The van der Waals surface area contributed by atoms with Gasteiger partial charge >= 0.3 is 0 Å². The Morgan fingerprint density at radius 1 is 1.04 bits per heavy atom. The van der Waals surface area contributed by atoms with Crippen molar-refractivity contribution in [1.29, 1.82) is 0 Å². The van der Waals surface area contributed by atoms with Gasteiger partial charge in [-0.05, 0) is 44.6 Å². The van der Waals surface area contributed by atoms with Crippen LogP contribution in [0.25, 0.3) is 5.65 Å². The predicted molar refractivity (Wildman–Crippen MR) is 101 cm³/mol. The zero-order chi connectivity index (χ0) is 19.0. The molecule has 4 rings (SSSR count). The lowest BCUT2D eigenvalue weighted by Gasteiger charge is -2.36. The lowest BCUT2D eigenvalue weighted by Crippen LogP contribution is -2.46. The van der Waals surface area contributed by atoms with Gasteiger partial charge in [0.1, 0.15) is 5.56 Å². The molecule has 0 N–H and O–H groups in total. The highest BCUT2D eigenvalue weighted by molar-refractivity contribution is 6.01. The van der Waals surface area contributed by atoms with Gasteiger partial charge in [0.2, 0.25) is 5.91 Å². The number of amides is 2. The van der Waals surface area contributed by atoms with Crippen LogP contribution < -0.4 is 0 Å². The first-order valence-electron chi connectivity index (χ1n) is 9.92. The van der Waals surface area contributed by atoms with Gasteiger partial charge in [0.15, 0.2) is 5.65 Å². The van der Waals surface area contributed by atoms with Crippen molar-refractivity contribution in [1.82, 2.24) is 24.4 Å². The first-order valence-corrected chi connectivity index (χ1v) is 9.92. The van der Waals surface area contributed by atoms with Gasteiger partial charge in [-0.2, -0.15) is 5.10 Å². The second-order valence-corrected chi connectivity index (χ2v) is 7.92. The zero-order valence-electron chi connectivity index (χ0n) is 16.1. The van der Waals surface area contributed by atoms with Gasteiger partial charge in [-0.15, -0.1) is 0 Å². The minimum atomic E-state index is -0.0288. The maximum absolute atomic E-state index is 13.0. The standard InChI is InChI=1S/C20H27N5O2/c1-14-4-10-23(11-5-14)19(26)16-6-12-24(13-7-16)20(27)17-15(2)22-25-9-3-8-21-18(17)25/h3,8-9,14,16H,4-7,10-13H2,1-2H3. The second-order valence-electron chi connectivity index (χ2n) is 7.92. The Morgan fingerprint density at radius 2 is 1.70 bits per heavy atom. The van der Waals surface area contributed by atoms with E-state index in [1.165, 1.54) is 0 Å². The van der Waals surface area contributed by atoms with Gasteiger partial charge in [-0.1, -0.05) is 6.92 Å². The SMILES string of the molecule is Cc1nn2cccnc2c1C(=O)N1CCC(C(=O)N2CCC(C)CC2)CC1. The summed E-state index contributed by atoms with van der Waals surface area (Å²) in [6.45, 7) is 7.09.